The van der Waals surface area contributed by atoms with Crippen molar-refractivity contribution in [1.29, 1.82) is 0 Å². The van der Waals surface area contributed by atoms with Crippen molar-refractivity contribution >= 4 is 70.1 Å². The van der Waals surface area contributed by atoms with Crippen molar-refractivity contribution in [2.45, 2.75) is 0 Å². The maximum atomic E-state index is 5.38. The van der Waals surface area contributed by atoms with Crippen LogP contribution in [0, 0.1) is 0 Å². The van der Waals surface area contributed by atoms with E-state index in [4.69, 9.17) is 50.5 Å². The van der Waals surface area contributed by atoms with Crippen molar-refractivity contribution in [1.82, 2.24) is 0 Å². The summed E-state index contributed by atoms with van der Waals surface area (Å²) in [5.41, 5.74) is 4.02. The third kappa shape index (κ3) is 7.94. The van der Waals surface area contributed by atoms with Crippen LogP contribution in [0.2, 0.25) is 0 Å². The summed E-state index contributed by atoms with van der Waals surface area (Å²) < 4.78 is 0. The van der Waals surface area contributed by atoms with E-state index < -0.39 is 0 Å². The quantitative estimate of drug-likeness (QED) is 0.200. The Kier molecular flexibility index (Phi) is 11.6. The Hall–Kier alpha value is -2.23. The average molecular weight is 537 g/mol. The number of rotatable bonds is 4. The molecule has 0 unspecified atom stereocenters. The number of hydrogen-bond acceptors (Lipinski definition) is 4. The van der Waals surface area contributed by atoms with Crippen molar-refractivity contribution in [3.8, 4) is 0 Å². The second-order valence-electron chi connectivity index (χ2n) is 6.78. The van der Waals surface area contributed by atoms with Gasteiger partial charge in [-0.2, -0.15) is 19.6 Å². The molecular weight excluding hydrogens is 517 g/mol. The molecule has 5 heteroatoms. The van der Waals surface area contributed by atoms with E-state index in [1.807, 2.05) is 121 Å². The van der Waals surface area contributed by atoms with Gasteiger partial charge in [-0.3, -0.25) is 0 Å². The monoisotopic (exact) mass is 536 g/mol. The second kappa shape index (κ2) is 14.1. The molecule has 0 atom stereocenters. The van der Waals surface area contributed by atoms with E-state index in [0.29, 0.717) is 0 Å². The van der Waals surface area contributed by atoms with Gasteiger partial charge in [-0.05, 0) is 22.3 Å². The molecule has 0 amide bonds. The number of hydrogen-bond donors (Lipinski definition) is 0. The van der Waals surface area contributed by atoms with E-state index in [0.717, 1.165) is 41.9 Å². The molecule has 0 aliphatic heterocycles. The Morgan fingerprint density at radius 2 is 0.455 bits per heavy atom. The molecule has 0 nitrogen and oxygen atoms in total. The fourth-order valence-corrected chi connectivity index (χ4v) is 3.90. The standard InChI is InChI=1S/2C14H12S2.Cr/c2*15-13(11-7-3-1-4-8-11)14(16)12-9-5-2-6-10-12;/h2*1-10,15-16H;/q;;+4/p-4/b2*14-13-;. The van der Waals surface area contributed by atoms with Crippen molar-refractivity contribution in [2.75, 3.05) is 0 Å². The van der Waals surface area contributed by atoms with Gasteiger partial charge < -0.3 is 50.5 Å². The fraction of sp³-hybridized carbons (Fsp3) is 0. The van der Waals surface area contributed by atoms with Gasteiger partial charge in [-0.15, -0.1) is 0 Å². The molecule has 4 aromatic rings. The molecule has 0 fully saturated rings. The average Bonchev–Trinajstić information content (AvgIpc) is 2.89. The molecule has 0 saturated heterocycles. The minimum absolute atomic E-state index is 0. The van der Waals surface area contributed by atoms with Crippen LogP contribution >= 0.6 is 0 Å². The first-order chi connectivity index (χ1) is 15.6. The molecule has 0 bridgehead atoms. The van der Waals surface area contributed by atoms with Crippen LogP contribution in [-0.2, 0) is 67.9 Å². The second-order valence-corrected chi connectivity index (χ2v) is 8.41. The molecule has 162 valence electrons. The van der Waals surface area contributed by atoms with Crippen LogP contribution in [0.25, 0.3) is 19.6 Å². The molecule has 0 saturated carbocycles. The van der Waals surface area contributed by atoms with Gasteiger partial charge in [0.1, 0.15) is 0 Å². The summed E-state index contributed by atoms with van der Waals surface area (Å²) in [4.78, 5) is 2.95. The largest absolute Gasteiger partial charge is 4.00 e. The van der Waals surface area contributed by atoms with Gasteiger partial charge in [0, 0.05) is 0 Å². The van der Waals surface area contributed by atoms with Crippen molar-refractivity contribution < 1.29 is 17.4 Å². The summed E-state index contributed by atoms with van der Waals surface area (Å²) in [6.45, 7) is 0. The zero-order chi connectivity index (χ0) is 22.8. The van der Waals surface area contributed by atoms with Gasteiger partial charge >= 0.3 is 17.4 Å². The SMILES string of the molecule is [Cr+4].[S-]/C(=C(\[S-])c1ccccc1)c1ccccc1.[S-]/C(=C(\[S-])c1ccccc1)c1ccccc1. The van der Waals surface area contributed by atoms with E-state index in [1.54, 1.807) is 0 Å². The first-order valence-corrected chi connectivity index (χ1v) is 11.6. The van der Waals surface area contributed by atoms with Gasteiger partial charge in [-0.1, -0.05) is 121 Å². The van der Waals surface area contributed by atoms with Crippen LogP contribution < -0.4 is 0 Å². The summed E-state index contributed by atoms with van der Waals surface area (Å²) in [6, 6.07) is 39.5. The molecule has 0 spiro atoms. The third-order valence-corrected chi connectivity index (χ3v) is 6.57. The zero-order valence-electron chi connectivity index (χ0n) is 17.6. The maximum absolute atomic E-state index is 5.38. The van der Waals surface area contributed by atoms with Crippen molar-refractivity contribution in [2.24, 2.45) is 0 Å². The molecule has 0 N–H and O–H groups in total. The first-order valence-electron chi connectivity index (χ1n) is 9.96. The molecule has 0 aromatic heterocycles. The smallest absolute Gasteiger partial charge is 0.781 e. The summed E-state index contributed by atoms with van der Waals surface area (Å²) >= 11 is 21.5. The Bertz CT molecular complexity index is 982. The maximum Gasteiger partial charge on any atom is 4.00 e. The van der Waals surface area contributed by atoms with Gasteiger partial charge in [0.15, 0.2) is 0 Å². The van der Waals surface area contributed by atoms with Gasteiger partial charge in [0.25, 0.3) is 0 Å². The Balaban J connectivity index is 0.000000227. The molecule has 4 rings (SSSR count). The molecule has 4 aromatic carbocycles. The predicted molar refractivity (Wildman–Crippen MR) is 149 cm³/mol. The fourth-order valence-electron chi connectivity index (χ4n) is 2.88. The topological polar surface area (TPSA) is 0 Å². The van der Waals surface area contributed by atoms with E-state index in [9.17, 15) is 0 Å². The molecule has 0 aliphatic rings. The minimum atomic E-state index is 0. The molecule has 0 heterocycles. The van der Waals surface area contributed by atoms with Crippen LogP contribution in [0.1, 0.15) is 22.3 Å². The van der Waals surface area contributed by atoms with E-state index in [1.165, 1.54) is 0 Å². The van der Waals surface area contributed by atoms with Crippen LogP contribution in [0.15, 0.2) is 121 Å². The van der Waals surface area contributed by atoms with Gasteiger partial charge in [0.05, 0.1) is 0 Å². The molecule has 0 radical (unpaired) electrons. The molecule has 33 heavy (non-hydrogen) atoms. The van der Waals surface area contributed by atoms with Gasteiger partial charge in [-0.25, -0.2) is 0 Å². The van der Waals surface area contributed by atoms with E-state index >= 15 is 0 Å². The summed E-state index contributed by atoms with van der Waals surface area (Å²) in [7, 11) is 0. The molecular formula is C28H20CrS4. The first kappa shape index (κ1) is 27.0. The summed E-state index contributed by atoms with van der Waals surface area (Å²) in [5.74, 6) is 0. The van der Waals surface area contributed by atoms with E-state index in [-0.39, 0.29) is 17.4 Å². The minimum Gasteiger partial charge on any atom is -0.781 e. The van der Waals surface area contributed by atoms with Crippen LogP contribution in [-0.4, -0.2) is 0 Å². The third-order valence-electron chi connectivity index (χ3n) is 4.56. The van der Waals surface area contributed by atoms with Crippen molar-refractivity contribution in [3.63, 3.8) is 0 Å². The van der Waals surface area contributed by atoms with E-state index in [2.05, 4.69) is 0 Å². The summed E-state index contributed by atoms with van der Waals surface area (Å²) in [5, 5.41) is 0. The predicted octanol–water partition coefficient (Wildman–Crippen LogP) is 7.21. The van der Waals surface area contributed by atoms with Crippen LogP contribution in [0.4, 0.5) is 0 Å². The Labute approximate surface area is 229 Å². The van der Waals surface area contributed by atoms with Crippen LogP contribution in [0.3, 0.4) is 0 Å². The van der Waals surface area contributed by atoms with Crippen LogP contribution in [0.5, 0.6) is 0 Å². The zero-order valence-corrected chi connectivity index (χ0v) is 22.1. The summed E-state index contributed by atoms with van der Waals surface area (Å²) in [6.07, 6.45) is 0. The molecule has 0 aliphatic carbocycles. The Morgan fingerprint density at radius 3 is 0.606 bits per heavy atom. The normalized spacial score (nSPS) is 11.6. The number of benzene rings is 4. The van der Waals surface area contributed by atoms with Gasteiger partial charge in [0.2, 0.25) is 0 Å². The van der Waals surface area contributed by atoms with Crippen molar-refractivity contribution in [3.05, 3.63) is 144 Å². The Morgan fingerprint density at radius 1 is 0.303 bits per heavy atom.